The number of rotatable bonds is 12. The third-order valence-corrected chi connectivity index (χ3v) is 7.03. The molecule has 34 heavy (non-hydrogen) atoms. The fourth-order valence-electron chi connectivity index (χ4n) is 3.53. The lowest BCUT2D eigenvalue weighted by molar-refractivity contribution is 0.173. The summed E-state index contributed by atoms with van der Waals surface area (Å²) < 4.78 is 37.0. The highest BCUT2D eigenvalue weighted by Crippen LogP contribution is 2.31. The zero-order valence-corrected chi connectivity index (χ0v) is 21.8. The van der Waals surface area contributed by atoms with Crippen molar-refractivity contribution in [3.63, 3.8) is 0 Å². The summed E-state index contributed by atoms with van der Waals surface area (Å²) in [6.07, 6.45) is 0.759. The van der Waals surface area contributed by atoms with E-state index in [1.165, 1.54) is 19.2 Å². The minimum Gasteiger partial charge on any atom is -0.497 e. The number of ether oxygens (including phenoxy) is 1. The van der Waals surface area contributed by atoms with Crippen molar-refractivity contribution in [1.29, 1.82) is 0 Å². The Morgan fingerprint density at radius 3 is 2.21 bits per heavy atom. The Balaban J connectivity index is 2.50. The zero-order valence-electron chi connectivity index (χ0n) is 21.0. The molecule has 1 atom stereocenters. The van der Waals surface area contributed by atoms with Gasteiger partial charge in [-0.25, -0.2) is 4.79 Å². The maximum absolute atomic E-state index is 13.1. The molecule has 0 fully saturated rings. The molecule has 2 aromatic carbocycles. The molecular formula is C25H37N3O5S. The van der Waals surface area contributed by atoms with Gasteiger partial charge in [-0.3, -0.25) is 0 Å². The lowest BCUT2D eigenvalue weighted by Crippen LogP contribution is -2.44. The van der Waals surface area contributed by atoms with E-state index in [-0.39, 0.29) is 29.3 Å². The number of benzene rings is 2. The molecule has 0 aliphatic heterocycles. The summed E-state index contributed by atoms with van der Waals surface area (Å²) >= 11 is 0. The van der Waals surface area contributed by atoms with E-state index in [0.717, 1.165) is 25.2 Å². The Morgan fingerprint density at radius 1 is 1.03 bits per heavy atom. The quantitative estimate of drug-likeness (QED) is 0.435. The van der Waals surface area contributed by atoms with Crippen LogP contribution >= 0.6 is 0 Å². The summed E-state index contributed by atoms with van der Waals surface area (Å²) in [6.45, 7) is 12.1. The van der Waals surface area contributed by atoms with E-state index in [9.17, 15) is 13.2 Å². The van der Waals surface area contributed by atoms with E-state index >= 15 is 0 Å². The zero-order chi connectivity index (χ0) is 25.3. The summed E-state index contributed by atoms with van der Waals surface area (Å²) in [4.78, 5) is 16.6. The van der Waals surface area contributed by atoms with Gasteiger partial charge in [-0.1, -0.05) is 13.0 Å². The van der Waals surface area contributed by atoms with Crippen molar-refractivity contribution >= 4 is 21.8 Å². The van der Waals surface area contributed by atoms with Crippen molar-refractivity contribution in [1.82, 2.24) is 10.2 Å². The second-order valence-electron chi connectivity index (χ2n) is 7.90. The van der Waals surface area contributed by atoms with Crippen LogP contribution < -0.4 is 19.1 Å². The van der Waals surface area contributed by atoms with E-state index in [0.29, 0.717) is 17.9 Å². The minimum atomic E-state index is -4.10. The molecule has 0 aliphatic carbocycles. The van der Waals surface area contributed by atoms with Crippen LogP contribution in [0, 0.1) is 0 Å². The Morgan fingerprint density at radius 2 is 1.68 bits per heavy atom. The van der Waals surface area contributed by atoms with Gasteiger partial charge in [0.15, 0.2) is 0 Å². The van der Waals surface area contributed by atoms with E-state index in [1.54, 1.807) is 23.1 Å². The largest absolute Gasteiger partial charge is 0.497 e. The van der Waals surface area contributed by atoms with Crippen molar-refractivity contribution in [3.8, 4) is 11.5 Å². The lowest BCUT2D eigenvalue weighted by atomic mass is 10.1. The van der Waals surface area contributed by atoms with Gasteiger partial charge >= 0.3 is 16.1 Å². The maximum Gasteiger partial charge on any atom is 0.339 e. The van der Waals surface area contributed by atoms with Crippen LogP contribution in [0.1, 0.15) is 46.6 Å². The lowest BCUT2D eigenvalue weighted by Gasteiger charge is -2.30. The molecule has 0 spiro atoms. The average molecular weight is 492 g/mol. The molecule has 8 nitrogen and oxygen atoms in total. The first-order valence-electron chi connectivity index (χ1n) is 11.7. The summed E-state index contributed by atoms with van der Waals surface area (Å²) in [7, 11) is -2.59. The van der Waals surface area contributed by atoms with Gasteiger partial charge in [0.05, 0.1) is 13.7 Å². The van der Waals surface area contributed by atoms with E-state index in [4.69, 9.17) is 8.92 Å². The van der Waals surface area contributed by atoms with Crippen LogP contribution in [-0.2, 0) is 16.7 Å². The SMILES string of the molecule is CCNC(=O)N(Cc1ccc(N(CC)CC)cc1OS(=O)(=O)c1ccc(OC)cc1)[C@H](C)CC. The molecule has 0 saturated carbocycles. The smallest absolute Gasteiger partial charge is 0.339 e. The molecule has 0 unspecified atom stereocenters. The van der Waals surface area contributed by atoms with Crippen LogP contribution in [0.25, 0.3) is 0 Å². The number of hydrogen-bond acceptors (Lipinski definition) is 6. The number of nitrogens with one attached hydrogen (secondary N) is 1. The number of nitrogens with zero attached hydrogens (tertiary/aromatic N) is 2. The fourth-order valence-corrected chi connectivity index (χ4v) is 4.49. The summed E-state index contributed by atoms with van der Waals surface area (Å²) in [5, 5.41) is 2.84. The molecule has 188 valence electrons. The summed E-state index contributed by atoms with van der Waals surface area (Å²) in [5.74, 6) is 0.757. The Labute approximate surface area is 204 Å². The molecule has 0 radical (unpaired) electrons. The number of hydrogen-bond donors (Lipinski definition) is 1. The molecule has 2 rings (SSSR count). The first-order valence-corrected chi connectivity index (χ1v) is 13.1. The molecule has 0 saturated heterocycles. The molecule has 0 aliphatic rings. The van der Waals surface area contributed by atoms with Crippen LogP contribution in [-0.4, -0.2) is 52.1 Å². The van der Waals surface area contributed by atoms with Crippen molar-refractivity contribution < 1.29 is 22.1 Å². The predicted molar refractivity (Wildman–Crippen MR) is 135 cm³/mol. The van der Waals surface area contributed by atoms with Crippen molar-refractivity contribution in [3.05, 3.63) is 48.0 Å². The Bertz CT molecular complexity index is 1040. The Kier molecular flexibility index (Phi) is 10.0. The van der Waals surface area contributed by atoms with Gasteiger partial charge in [-0.05, 0) is 64.4 Å². The average Bonchev–Trinajstić information content (AvgIpc) is 2.83. The molecule has 2 aromatic rings. The Hall–Kier alpha value is -2.94. The molecular weight excluding hydrogens is 454 g/mol. The number of urea groups is 1. The van der Waals surface area contributed by atoms with Gasteiger partial charge in [-0.2, -0.15) is 8.42 Å². The van der Waals surface area contributed by atoms with Gasteiger partial charge < -0.3 is 24.0 Å². The fraction of sp³-hybridized carbons (Fsp3) is 0.480. The van der Waals surface area contributed by atoms with Gasteiger partial charge in [0.1, 0.15) is 16.4 Å². The van der Waals surface area contributed by atoms with Gasteiger partial charge in [0.2, 0.25) is 0 Å². The molecule has 0 aromatic heterocycles. The normalized spacial score (nSPS) is 12.1. The maximum atomic E-state index is 13.1. The van der Waals surface area contributed by atoms with E-state index in [1.807, 2.05) is 46.8 Å². The number of anilines is 1. The predicted octanol–water partition coefficient (Wildman–Crippen LogP) is 4.64. The summed E-state index contributed by atoms with van der Waals surface area (Å²) in [6, 6.07) is 11.3. The first-order chi connectivity index (χ1) is 16.2. The van der Waals surface area contributed by atoms with Gasteiger partial charge in [0.25, 0.3) is 0 Å². The highest BCUT2D eigenvalue weighted by atomic mass is 32.2. The van der Waals surface area contributed by atoms with Crippen LogP contribution in [0.3, 0.4) is 0 Å². The molecule has 1 N–H and O–H groups in total. The van der Waals surface area contributed by atoms with Crippen LogP contribution in [0.4, 0.5) is 10.5 Å². The topological polar surface area (TPSA) is 88.2 Å². The molecule has 9 heteroatoms. The van der Waals surface area contributed by atoms with Gasteiger partial charge in [0, 0.05) is 43.0 Å². The summed E-state index contributed by atoms with van der Waals surface area (Å²) in [5.41, 5.74) is 1.46. The van der Waals surface area contributed by atoms with Crippen LogP contribution in [0.2, 0.25) is 0 Å². The monoisotopic (exact) mass is 491 g/mol. The highest BCUT2D eigenvalue weighted by molar-refractivity contribution is 7.87. The molecule has 2 amide bonds. The number of amides is 2. The van der Waals surface area contributed by atoms with Crippen molar-refractivity contribution in [2.75, 3.05) is 31.6 Å². The number of carbonyl (C=O) groups excluding carboxylic acids is 1. The van der Waals surface area contributed by atoms with Crippen molar-refractivity contribution in [2.45, 2.75) is 58.5 Å². The highest BCUT2D eigenvalue weighted by Gasteiger charge is 2.24. The molecule has 0 heterocycles. The number of methoxy groups -OCH3 is 1. The van der Waals surface area contributed by atoms with E-state index < -0.39 is 10.1 Å². The first kappa shape index (κ1) is 27.3. The van der Waals surface area contributed by atoms with Gasteiger partial charge in [-0.15, -0.1) is 0 Å². The third-order valence-electron chi connectivity index (χ3n) is 5.78. The minimum absolute atomic E-state index is 0.0231. The molecule has 0 bridgehead atoms. The van der Waals surface area contributed by atoms with Crippen molar-refractivity contribution in [2.24, 2.45) is 0 Å². The van der Waals surface area contributed by atoms with Crippen LogP contribution in [0.5, 0.6) is 11.5 Å². The standard InChI is InChI=1S/C25H37N3O5S/c1-7-19(5)28(25(29)26-8-2)18-20-11-12-21(27(9-3)10-4)17-24(20)33-34(30,31)23-15-13-22(32-6)14-16-23/h11-17,19H,7-10,18H2,1-6H3,(H,26,29)/t19-/m1/s1. The second kappa shape index (κ2) is 12.5. The second-order valence-corrected chi connectivity index (χ2v) is 9.44. The van der Waals surface area contributed by atoms with E-state index in [2.05, 4.69) is 10.2 Å². The third kappa shape index (κ3) is 6.79. The number of carbonyl (C=O) groups is 1. The van der Waals surface area contributed by atoms with Crippen LogP contribution in [0.15, 0.2) is 47.4 Å².